The third-order valence-electron chi connectivity index (χ3n) is 9.10. The molecule has 0 atom stereocenters. The number of ether oxygens (including phenoxy) is 4. The summed E-state index contributed by atoms with van der Waals surface area (Å²) >= 11 is 0. The topological polar surface area (TPSA) is 105 Å². The van der Waals surface area contributed by atoms with Gasteiger partial charge in [0.05, 0.1) is 23.8 Å². The molecule has 0 amide bonds. The molecule has 0 radical (unpaired) electrons. The molecule has 0 spiro atoms. The van der Waals surface area contributed by atoms with E-state index >= 15 is 0 Å². The van der Waals surface area contributed by atoms with Crippen LogP contribution >= 0.6 is 0 Å². The van der Waals surface area contributed by atoms with Gasteiger partial charge >= 0.3 is 17.9 Å². The lowest BCUT2D eigenvalue weighted by Crippen LogP contribution is -2.12. The molecule has 6 aromatic rings. The van der Waals surface area contributed by atoms with Crippen LogP contribution in [-0.2, 0) is 0 Å². The number of hydrogen-bond acceptors (Lipinski definition) is 8. The van der Waals surface area contributed by atoms with Gasteiger partial charge in [-0.25, -0.2) is 14.4 Å². The molecule has 54 heavy (non-hydrogen) atoms. The molecule has 0 aliphatic heterocycles. The molecule has 0 aliphatic rings. The first-order valence-electron chi connectivity index (χ1n) is 17.2. The maximum absolute atomic E-state index is 13.2. The number of aryl methyl sites for hydroxylation is 4. The lowest BCUT2D eigenvalue weighted by molar-refractivity contribution is 0.0721. The number of carbonyl (C=O) groups excluding carboxylic acids is 4. The smallest absolute Gasteiger partial charge is 0.343 e. The fourth-order valence-electron chi connectivity index (χ4n) is 6.18. The third-order valence-corrected chi connectivity index (χ3v) is 9.10. The first-order valence-corrected chi connectivity index (χ1v) is 17.2. The van der Waals surface area contributed by atoms with Gasteiger partial charge in [-0.3, -0.25) is 4.79 Å². The van der Waals surface area contributed by atoms with Gasteiger partial charge in [0, 0.05) is 5.56 Å². The van der Waals surface area contributed by atoms with E-state index in [1.165, 1.54) is 13.0 Å². The molecule has 0 fully saturated rings. The number of esters is 3. The Morgan fingerprint density at radius 2 is 0.722 bits per heavy atom. The highest BCUT2D eigenvalue weighted by molar-refractivity contribution is 5.97. The first-order chi connectivity index (χ1) is 25.9. The van der Waals surface area contributed by atoms with Crippen molar-refractivity contribution in [1.29, 1.82) is 0 Å². The van der Waals surface area contributed by atoms with E-state index in [1.54, 1.807) is 79.9 Å². The summed E-state index contributed by atoms with van der Waals surface area (Å²) in [5.41, 5.74) is 8.92. The highest BCUT2D eigenvalue weighted by Crippen LogP contribution is 2.33. The second kappa shape index (κ2) is 15.8. The second-order valence-corrected chi connectivity index (χ2v) is 13.0. The van der Waals surface area contributed by atoms with Gasteiger partial charge < -0.3 is 18.9 Å². The number of methoxy groups -OCH3 is 1. The van der Waals surface area contributed by atoms with E-state index in [-0.39, 0.29) is 16.9 Å². The van der Waals surface area contributed by atoms with Crippen molar-refractivity contribution in [3.8, 4) is 45.3 Å². The van der Waals surface area contributed by atoms with E-state index in [2.05, 4.69) is 0 Å². The zero-order chi connectivity index (χ0) is 38.5. The molecule has 270 valence electrons. The molecule has 0 heterocycles. The molecule has 6 aromatic carbocycles. The van der Waals surface area contributed by atoms with Crippen molar-refractivity contribution in [1.82, 2.24) is 0 Å². The molecule has 8 heteroatoms. The van der Waals surface area contributed by atoms with Crippen LogP contribution in [0.15, 0.2) is 121 Å². The number of rotatable bonds is 10. The van der Waals surface area contributed by atoms with E-state index in [4.69, 9.17) is 18.9 Å². The molecule has 0 unspecified atom stereocenters. The number of carbonyl (C=O) groups is 4. The van der Waals surface area contributed by atoms with Gasteiger partial charge in [-0.15, -0.1) is 0 Å². The van der Waals surface area contributed by atoms with Gasteiger partial charge in [0.15, 0.2) is 5.78 Å². The van der Waals surface area contributed by atoms with Crippen LogP contribution in [0.1, 0.15) is 70.6 Å². The predicted octanol–water partition coefficient (Wildman–Crippen LogP) is 10.1. The Balaban J connectivity index is 1.09. The van der Waals surface area contributed by atoms with Crippen molar-refractivity contribution in [3.05, 3.63) is 166 Å². The van der Waals surface area contributed by atoms with Gasteiger partial charge in [-0.05, 0) is 158 Å². The monoisotopic (exact) mass is 718 g/mol. The lowest BCUT2D eigenvalue weighted by Gasteiger charge is -2.13. The normalized spacial score (nSPS) is 10.7. The summed E-state index contributed by atoms with van der Waals surface area (Å²) in [4.78, 5) is 50.5. The van der Waals surface area contributed by atoms with Gasteiger partial charge in [0.2, 0.25) is 0 Å². The number of ketones is 1. The average Bonchev–Trinajstić information content (AvgIpc) is 3.15. The van der Waals surface area contributed by atoms with Crippen LogP contribution in [0.5, 0.6) is 23.0 Å². The summed E-state index contributed by atoms with van der Waals surface area (Å²) in [5.74, 6) is 0.0776. The molecule has 8 nitrogen and oxygen atoms in total. The molecule has 6 rings (SSSR count). The standard InChI is InChI=1S/C46H38O8/c1-27-22-36(51-6)14-18-40(27)41-20-16-38(24-29(41)3)53-45(49)34-8-7-9-35(26-34)46(50)54-39-17-21-43(30(4)25-39)42-19-15-37(23-28(42)2)52-44(48)33-12-10-32(11-13-33)31(5)47/h7-26H,1-6H3. The fraction of sp³-hybridized carbons (Fsp3) is 0.130. The van der Waals surface area contributed by atoms with Crippen LogP contribution < -0.4 is 18.9 Å². The van der Waals surface area contributed by atoms with Crippen LogP contribution in [0.4, 0.5) is 0 Å². The van der Waals surface area contributed by atoms with Crippen molar-refractivity contribution in [2.45, 2.75) is 34.6 Å². The Kier molecular flexibility index (Phi) is 10.8. The molecular formula is C46H38O8. The zero-order valence-corrected chi connectivity index (χ0v) is 30.8. The highest BCUT2D eigenvalue weighted by Gasteiger charge is 2.17. The van der Waals surface area contributed by atoms with Crippen molar-refractivity contribution in [3.63, 3.8) is 0 Å². The highest BCUT2D eigenvalue weighted by atomic mass is 16.5. The molecule has 0 aromatic heterocycles. The largest absolute Gasteiger partial charge is 0.497 e. The van der Waals surface area contributed by atoms with Crippen LogP contribution in [0.25, 0.3) is 22.3 Å². The molecule has 0 bridgehead atoms. The first kappa shape index (κ1) is 37.0. The van der Waals surface area contributed by atoms with E-state index in [9.17, 15) is 19.2 Å². The van der Waals surface area contributed by atoms with E-state index < -0.39 is 17.9 Å². The third kappa shape index (κ3) is 8.29. The summed E-state index contributed by atoms with van der Waals surface area (Å²) in [5, 5.41) is 0. The van der Waals surface area contributed by atoms with Crippen LogP contribution in [-0.4, -0.2) is 30.8 Å². The Morgan fingerprint density at radius 3 is 1.07 bits per heavy atom. The number of Topliss-reactive ketones (excluding diaryl/α,β-unsaturated/α-hetero) is 1. The van der Waals surface area contributed by atoms with Gasteiger partial charge in [0.25, 0.3) is 0 Å². The van der Waals surface area contributed by atoms with E-state index in [1.807, 2.05) is 70.2 Å². The molecule has 0 saturated heterocycles. The summed E-state index contributed by atoms with van der Waals surface area (Å²) in [6.45, 7) is 9.27. The fourth-order valence-corrected chi connectivity index (χ4v) is 6.18. The van der Waals surface area contributed by atoms with Crippen molar-refractivity contribution < 1.29 is 38.1 Å². The Hall–Kier alpha value is -6.80. The number of hydrogen-bond donors (Lipinski definition) is 0. The van der Waals surface area contributed by atoms with Crippen LogP contribution in [0, 0.1) is 27.7 Å². The van der Waals surface area contributed by atoms with E-state index in [0.29, 0.717) is 28.4 Å². The second-order valence-electron chi connectivity index (χ2n) is 13.0. The lowest BCUT2D eigenvalue weighted by atomic mass is 9.96. The molecule has 0 N–H and O–H groups in total. The minimum Gasteiger partial charge on any atom is -0.497 e. The summed E-state index contributed by atoms with van der Waals surface area (Å²) in [7, 11) is 1.64. The van der Waals surface area contributed by atoms with Gasteiger partial charge in [0.1, 0.15) is 23.0 Å². The minimum absolute atomic E-state index is 0.0813. The SMILES string of the molecule is COc1ccc(-c2ccc(OC(=O)c3cccc(C(=O)Oc4ccc(-c5ccc(OC(=O)c6ccc(C(C)=O)cc6)cc5C)c(C)c4)c3)cc2C)c(C)c1. The quantitative estimate of drug-likeness (QED) is 0.0783. The summed E-state index contributed by atoms with van der Waals surface area (Å²) in [6.07, 6.45) is 0. The van der Waals surface area contributed by atoms with Crippen molar-refractivity contribution in [2.75, 3.05) is 7.11 Å². The molecule has 0 aliphatic carbocycles. The van der Waals surface area contributed by atoms with E-state index in [0.717, 1.165) is 50.3 Å². The van der Waals surface area contributed by atoms with Crippen LogP contribution in [0.2, 0.25) is 0 Å². The van der Waals surface area contributed by atoms with Gasteiger partial charge in [-0.2, -0.15) is 0 Å². The molecule has 0 saturated carbocycles. The molecular weight excluding hydrogens is 680 g/mol. The summed E-state index contributed by atoms with van der Waals surface area (Å²) in [6, 6.07) is 34.6. The minimum atomic E-state index is -0.620. The van der Waals surface area contributed by atoms with Crippen molar-refractivity contribution in [2.24, 2.45) is 0 Å². The van der Waals surface area contributed by atoms with Gasteiger partial charge in [-0.1, -0.05) is 42.5 Å². The maximum atomic E-state index is 13.2. The Bertz CT molecular complexity index is 2420. The average molecular weight is 719 g/mol. The summed E-state index contributed by atoms with van der Waals surface area (Å²) < 4.78 is 22.3. The Morgan fingerprint density at radius 1 is 0.389 bits per heavy atom. The zero-order valence-electron chi connectivity index (χ0n) is 30.8. The van der Waals surface area contributed by atoms with Crippen LogP contribution in [0.3, 0.4) is 0 Å². The predicted molar refractivity (Wildman–Crippen MR) is 207 cm³/mol. The van der Waals surface area contributed by atoms with Crippen molar-refractivity contribution >= 4 is 23.7 Å². The maximum Gasteiger partial charge on any atom is 0.343 e. The Labute approximate surface area is 313 Å². The number of benzene rings is 6.